The molecule has 4 nitrogen and oxygen atoms in total. The molecule has 0 bridgehead atoms. The molecule has 0 saturated carbocycles. The van der Waals surface area contributed by atoms with Crippen LogP contribution in [0.4, 0.5) is 0 Å². The number of piperazine rings is 1. The number of aryl methyl sites for hydroxylation is 1. The molecule has 1 aliphatic heterocycles. The molecule has 0 radical (unpaired) electrons. The van der Waals surface area contributed by atoms with Crippen LogP contribution in [0.1, 0.15) is 23.4 Å². The van der Waals surface area contributed by atoms with E-state index in [-0.39, 0.29) is 0 Å². The van der Waals surface area contributed by atoms with Crippen LogP contribution in [-0.2, 0) is 17.8 Å². The van der Waals surface area contributed by atoms with Crippen LogP contribution in [0.15, 0.2) is 40.3 Å². The van der Waals surface area contributed by atoms with Gasteiger partial charge in [-0.05, 0) is 52.4 Å². The number of hydrogen-bond donors (Lipinski definition) is 0. The monoisotopic (exact) mass is 407 g/mol. The van der Waals surface area contributed by atoms with E-state index in [9.17, 15) is 4.79 Å². The van der Waals surface area contributed by atoms with Crippen molar-refractivity contribution in [2.45, 2.75) is 25.8 Å². The molecule has 1 saturated heterocycles. The summed E-state index contributed by atoms with van der Waals surface area (Å²) in [5, 5.41) is 2.09. The first-order valence-corrected chi connectivity index (χ1v) is 10.0. The van der Waals surface area contributed by atoms with Gasteiger partial charge in [-0.25, -0.2) is 0 Å². The first-order valence-electron chi connectivity index (χ1n) is 8.33. The highest BCUT2D eigenvalue weighted by Gasteiger charge is 2.20. The number of nitrogens with zero attached hydrogens (tertiary/aromatic N) is 3. The molecule has 0 N–H and O–H groups in total. The standard InChI is InChI=1S/C18H22BrN3OS/c19-15-6-7-16(20-13-15)14-21-8-10-22(11-9-21)18(23)5-1-3-17-4-2-12-24-17/h2,4,6-7,12-13H,1,3,5,8-11,14H2. The fourth-order valence-electron chi connectivity index (χ4n) is 2.91. The minimum Gasteiger partial charge on any atom is -0.340 e. The predicted molar refractivity (Wildman–Crippen MR) is 101 cm³/mol. The molecular formula is C18H22BrN3OS. The van der Waals surface area contributed by atoms with Gasteiger partial charge in [0.05, 0.1) is 5.69 Å². The summed E-state index contributed by atoms with van der Waals surface area (Å²) >= 11 is 5.18. The van der Waals surface area contributed by atoms with Gasteiger partial charge in [-0.15, -0.1) is 11.3 Å². The van der Waals surface area contributed by atoms with Gasteiger partial charge in [-0.2, -0.15) is 0 Å². The van der Waals surface area contributed by atoms with Crippen LogP contribution in [-0.4, -0.2) is 46.9 Å². The molecule has 128 valence electrons. The van der Waals surface area contributed by atoms with E-state index in [0.29, 0.717) is 12.3 Å². The Morgan fingerprint density at radius 3 is 2.71 bits per heavy atom. The van der Waals surface area contributed by atoms with Gasteiger partial charge in [0.2, 0.25) is 5.91 Å². The first kappa shape index (κ1) is 17.6. The molecule has 6 heteroatoms. The number of rotatable bonds is 6. The van der Waals surface area contributed by atoms with Crippen LogP contribution in [0.5, 0.6) is 0 Å². The molecule has 0 spiro atoms. The van der Waals surface area contributed by atoms with Crippen molar-refractivity contribution in [2.75, 3.05) is 26.2 Å². The van der Waals surface area contributed by atoms with Crippen LogP contribution in [0.25, 0.3) is 0 Å². The number of pyridine rings is 1. The smallest absolute Gasteiger partial charge is 0.222 e. The summed E-state index contributed by atoms with van der Waals surface area (Å²) in [5.41, 5.74) is 1.08. The van der Waals surface area contributed by atoms with Gasteiger partial charge in [0.15, 0.2) is 0 Å². The molecule has 1 amide bonds. The fourth-order valence-corrected chi connectivity index (χ4v) is 3.90. The van der Waals surface area contributed by atoms with E-state index < -0.39 is 0 Å². The van der Waals surface area contributed by atoms with Crippen LogP contribution in [0.2, 0.25) is 0 Å². The maximum atomic E-state index is 12.3. The first-order chi connectivity index (χ1) is 11.7. The van der Waals surface area contributed by atoms with E-state index in [4.69, 9.17) is 0 Å². The largest absolute Gasteiger partial charge is 0.340 e. The lowest BCUT2D eigenvalue weighted by atomic mass is 10.2. The van der Waals surface area contributed by atoms with Crippen molar-refractivity contribution in [3.8, 4) is 0 Å². The number of aromatic nitrogens is 1. The quantitative estimate of drug-likeness (QED) is 0.733. The third-order valence-electron chi connectivity index (χ3n) is 4.29. The van der Waals surface area contributed by atoms with Crippen molar-refractivity contribution in [3.63, 3.8) is 0 Å². The van der Waals surface area contributed by atoms with E-state index in [1.807, 2.05) is 23.2 Å². The van der Waals surface area contributed by atoms with E-state index in [2.05, 4.69) is 43.3 Å². The summed E-state index contributed by atoms with van der Waals surface area (Å²) in [4.78, 5) is 22.5. The summed E-state index contributed by atoms with van der Waals surface area (Å²) in [7, 11) is 0. The Bertz CT molecular complexity index is 637. The van der Waals surface area contributed by atoms with Crippen molar-refractivity contribution < 1.29 is 4.79 Å². The molecule has 0 atom stereocenters. The minimum absolute atomic E-state index is 0.299. The molecule has 2 aromatic rings. The van der Waals surface area contributed by atoms with Crippen LogP contribution in [0.3, 0.4) is 0 Å². The molecule has 1 fully saturated rings. The highest BCUT2D eigenvalue weighted by atomic mass is 79.9. The molecule has 24 heavy (non-hydrogen) atoms. The predicted octanol–water partition coefficient (Wildman–Crippen LogP) is 3.57. The van der Waals surface area contributed by atoms with Gasteiger partial charge in [-0.1, -0.05) is 6.07 Å². The Labute approximate surface area is 155 Å². The maximum absolute atomic E-state index is 12.3. The molecular weight excluding hydrogens is 386 g/mol. The van der Waals surface area contributed by atoms with Crippen molar-refractivity contribution >= 4 is 33.2 Å². The SMILES string of the molecule is O=C(CCCc1cccs1)N1CCN(Cc2ccc(Br)cn2)CC1. The zero-order chi connectivity index (χ0) is 16.8. The molecule has 0 unspecified atom stereocenters. The fraction of sp³-hybridized carbons (Fsp3) is 0.444. The summed E-state index contributed by atoms with van der Waals surface area (Å²) in [6.45, 7) is 4.36. The van der Waals surface area contributed by atoms with Crippen molar-refractivity contribution in [3.05, 3.63) is 50.9 Å². The number of halogens is 1. The highest BCUT2D eigenvalue weighted by molar-refractivity contribution is 9.10. The van der Waals surface area contributed by atoms with Gasteiger partial charge in [-0.3, -0.25) is 14.7 Å². The Balaban J connectivity index is 1.38. The van der Waals surface area contributed by atoms with E-state index in [0.717, 1.165) is 55.7 Å². The van der Waals surface area contributed by atoms with Gasteiger partial charge in [0.25, 0.3) is 0 Å². The summed E-state index contributed by atoms with van der Waals surface area (Å²) in [6, 6.07) is 8.29. The summed E-state index contributed by atoms with van der Waals surface area (Å²) in [5.74, 6) is 0.299. The molecule has 3 rings (SSSR count). The van der Waals surface area contributed by atoms with Crippen molar-refractivity contribution in [2.24, 2.45) is 0 Å². The van der Waals surface area contributed by atoms with E-state index in [1.54, 1.807) is 11.3 Å². The highest BCUT2D eigenvalue weighted by Crippen LogP contribution is 2.14. The third-order valence-corrected chi connectivity index (χ3v) is 5.70. The van der Waals surface area contributed by atoms with Crippen molar-refractivity contribution in [1.29, 1.82) is 0 Å². The van der Waals surface area contributed by atoms with E-state index in [1.165, 1.54) is 4.88 Å². The lowest BCUT2D eigenvalue weighted by Gasteiger charge is -2.34. The number of hydrogen-bond acceptors (Lipinski definition) is 4. The van der Waals surface area contributed by atoms with Crippen LogP contribution >= 0.6 is 27.3 Å². The van der Waals surface area contributed by atoms with Crippen molar-refractivity contribution in [1.82, 2.24) is 14.8 Å². The summed E-state index contributed by atoms with van der Waals surface area (Å²) < 4.78 is 1.00. The lowest BCUT2D eigenvalue weighted by molar-refractivity contribution is -0.133. The second kappa shape index (κ2) is 8.74. The molecule has 0 aliphatic carbocycles. The lowest BCUT2D eigenvalue weighted by Crippen LogP contribution is -2.48. The Morgan fingerprint density at radius 2 is 2.04 bits per heavy atom. The topological polar surface area (TPSA) is 36.4 Å². The average Bonchev–Trinajstić information content (AvgIpc) is 3.11. The zero-order valence-corrected chi connectivity index (χ0v) is 16.1. The zero-order valence-electron chi connectivity index (χ0n) is 13.7. The molecule has 2 aromatic heterocycles. The normalized spacial score (nSPS) is 15.6. The molecule has 1 aliphatic rings. The number of carbonyl (C=O) groups excluding carboxylic acids is 1. The van der Waals surface area contributed by atoms with Gasteiger partial charge in [0.1, 0.15) is 0 Å². The van der Waals surface area contributed by atoms with Gasteiger partial charge in [0, 0.05) is 54.7 Å². The van der Waals surface area contributed by atoms with Gasteiger partial charge < -0.3 is 4.90 Å². The Kier molecular flexibility index (Phi) is 6.40. The van der Waals surface area contributed by atoms with E-state index >= 15 is 0 Å². The average molecular weight is 408 g/mol. The second-order valence-corrected chi connectivity index (χ2v) is 8.01. The van der Waals surface area contributed by atoms with Gasteiger partial charge >= 0.3 is 0 Å². The summed E-state index contributed by atoms with van der Waals surface area (Å²) in [6.07, 6.45) is 4.45. The maximum Gasteiger partial charge on any atom is 0.222 e. The minimum atomic E-state index is 0.299. The number of amides is 1. The molecule has 0 aromatic carbocycles. The van der Waals surface area contributed by atoms with Crippen LogP contribution in [0, 0.1) is 0 Å². The Morgan fingerprint density at radius 1 is 1.21 bits per heavy atom. The van der Waals surface area contributed by atoms with Crippen LogP contribution < -0.4 is 0 Å². The second-order valence-electron chi connectivity index (χ2n) is 6.06. The number of carbonyl (C=O) groups is 1. The molecule has 3 heterocycles. The Hall–Kier alpha value is -1.24. The number of thiophene rings is 1. The third kappa shape index (κ3) is 5.13.